The van der Waals surface area contributed by atoms with E-state index >= 15 is 0 Å². The minimum absolute atomic E-state index is 0.0197. The van der Waals surface area contributed by atoms with Crippen molar-refractivity contribution in [2.24, 2.45) is 0 Å². The highest BCUT2D eigenvalue weighted by Gasteiger charge is 2.15. The topological polar surface area (TPSA) is 125 Å². The van der Waals surface area contributed by atoms with Crippen molar-refractivity contribution >= 4 is 85.4 Å². The molecule has 3 aromatic heterocycles. The number of carbonyl (C=O) groups excluding carboxylic acids is 3. The third-order valence-corrected chi connectivity index (χ3v) is 4.35. The Bertz CT molecular complexity index is 1340. The van der Waals surface area contributed by atoms with Crippen LogP contribution in [0.2, 0.25) is 5.15 Å². The van der Waals surface area contributed by atoms with Crippen LogP contribution in [0.25, 0.3) is 17.1 Å². The molecule has 0 aromatic carbocycles. The number of hydrogen-bond acceptors (Lipinski definition) is 9. The van der Waals surface area contributed by atoms with Crippen LogP contribution in [0.3, 0.4) is 0 Å². The molecule has 0 fully saturated rings. The molecule has 3 aromatic rings. The Balaban J connectivity index is 0.000000208. The lowest BCUT2D eigenvalue weighted by molar-refractivity contribution is -0.114. The lowest BCUT2D eigenvalue weighted by Gasteiger charge is -2.09. The van der Waals surface area contributed by atoms with Crippen molar-refractivity contribution in [2.45, 2.75) is 6.42 Å². The van der Waals surface area contributed by atoms with E-state index in [1.54, 1.807) is 30.3 Å². The number of esters is 2. The number of rotatable bonds is 2. The Labute approximate surface area is 219 Å². The van der Waals surface area contributed by atoms with E-state index < -0.39 is 17.1 Å². The predicted molar refractivity (Wildman–Crippen MR) is 134 cm³/mol. The van der Waals surface area contributed by atoms with E-state index in [1.807, 2.05) is 0 Å². The standard InChI is InChI=1S/C11H9NO3.C10H7ClN2O2.Cl3OP/c1-15-11(14)8-4-7-5-9(13)2-3-10(7)12-6-8;1-15-10(14)6-4-8-7(12-5-6)2-3-9(11)13-8;1-5(2,3)4/h2-4,6H,5H2,1H3;2-5H,1H3;. The smallest absolute Gasteiger partial charge is 0.339 e. The average molecular weight is 579 g/mol. The fourth-order valence-electron chi connectivity index (χ4n) is 2.67. The van der Waals surface area contributed by atoms with Crippen LogP contribution in [0, 0.1) is 0 Å². The third-order valence-electron chi connectivity index (χ3n) is 4.14. The van der Waals surface area contributed by atoms with Gasteiger partial charge < -0.3 is 9.47 Å². The average Bonchev–Trinajstić information content (AvgIpc) is 2.81. The molecule has 14 heteroatoms. The number of carbonyl (C=O) groups is 3. The van der Waals surface area contributed by atoms with Gasteiger partial charge in [0.2, 0.25) is 0 Å². The normalized spacial score (nSPS) is 11.9. The summed E-state index contributed by atoms with van der Waals surface area (Å²) in [5.41, 5.74) is 3.50. The van der Waals surface area contributed by atoms with Crippen LogP contribution < -0.4 is 0 Å². The second kappa shape index (κ2) is 13.0. The van der Waals surface area contributed by atoms with Crippen LogP contribution in [-0.4, -0.2) is 46.9 Å². The summed E-state index contributed by atoms with van der Waals surface area (Å²) in [4.78, 5) is 45.8. The highest BCUT2D eigenvalue weighted by molar-refractivity contribution is 8.24. The molecule has 1 aliphatic carbocycles. The van der Waals surface area contributed by atoms with Gasteiger partial charge in [0, 0.05) is 18.8 Å². The van der Waals surface area contributed by atoms with Crippen molar-refractivity contribution < 1.29 is 28.4 Å². The summed E-state index contributed by atoms with van der Waals surface area (Å²) in [6.45, 7) is 0. The third kappa shape index (κ3) is 9.55. The molecule has 1 aliphatic rings. The number of allylic oxidation sites excluding steroid dienone is 1. The maximum Gasteiger partial charge on any atom is 0.339 e. The van der Waals surface area contributed by atoms with Crippen LogP contribution in [0.4, 0.5) is 0 Å². The van der Waals surface area contributed by atoms with Crippen molar-refractivity contribution in [3.05, 3.63) is 70.3 Å². The summed E-state index contributed by atoms with van der Waals surface area (Å²) < 4.78 is 18.7. The van der Waals surface area contributed by atoms with Gasteiger partial charge in [-0.1, -0.05) is 11.6 Å². The van der Waals surface area contributed by atoms with Crippen molar-refractivity contribution in [1.82, 2.24) is 15.0 Å². The summed E-state index contributed by atoms with van der Waals surface area (Å²) in [6.07, 6.45) is 6.34. The number of methoxy groups -OCH3 is 2. The molecule has 0 saturated heterocycles. The van der Waals surface area contributed by atoms with Gasteiger partial charge in [-0.3, -0.25) is 19.3 Å². The van der Waals surface area contributed by atoms with Crippen molar-refractivity contribution in [3.63, 3.8) is 0 Å². The molecule has 0 aliphatic heterocycles. The van der Waals surface area contributed by atoms with E-state index in [-0.39, 0.29) is 5.78 Å². The van der Waals surface area contributed by atoms with E-state index in [0.717, 1.165) is 11.3 Å². The fourth-order valence-corrected chi connectivity index (χ4v) is 2.83. The molecule has 0 amide bonds. The van der Waals surface area contributed by atoms with Gasteiger partial charge in [0.25, 0.3) is 0 Å². The Hall–Kier alpha value is -2.55. The van der Waals surface area contributed by atoms with Gasteiger partial charge in [0.1, 0.15) is 5.15 Å². The number of fused-ring (bicyclic) bond motifs is 2. The Morgan fingerprint density at radius 1 is 0.914 bits per heavy atom. The number of hydrogen-bond donors (Lipinski definition) is 0. The molecule has 0 saturated carbocycles. The van der Waals surface area contributed by atoms with E-state index in [9.17, 15) is 18.9 Å². The predicted octanol–water partition coefficient (Wildman–Crippen LogP) is 5.89. The van der Waals surface area contributed by atoms with Gasteiger partial charge in [0.05, 0.1) is 42.1 Å². The molecule has 184 valence electrons. The van der Waals surface area contributed by atoms with Gasteiger partial charge in [0.15, 0.2) is 5.78 Å². The summed E-state index contributed by atoms with van der Waals surface area (Å²) >= 11 is 19.6. The highest BCUT2D eigenvalue weighted by atomic mass is 36.0. The second-order valence-corrected chi connectivity index (χ2v) is 13.5. The molecular weight excluding hydrogens is 563 g/mol. The van der Waals surface area contributed by atoms with Gasteiger partial charge in [-0.25, -0.2) is 14.6 Å². The largest absolute Gasteiger partial charge is 0.465 e. The van der Waals surface area contributed by atoms with E-state index in [2.05, 4.69) is 58.1 Å². The van der Waals surface area contributed by atoms with Crippen LogP contribution in [-0.2, 0) is 25.3 Å². The van der Waals surface area contributed by atoms with E-state index in [0.29, 0.717) is 33.7 Å². The minimum Gasteiger partial charge on any atom is -0.465 e. The molecule has 0 bridgehead atoms. The van der Waals surface area contributed by atoms with Crippen molar-refractivity contribution in [2.75, 3.05) is 14.2 Å². The lowest BCUT2D eigenvalue weighted by atomic mass is 10.00. The van der Waals surface area contributed by atoms with Gasteiger partial charge in [-0.05, 0) is 75.7 Å². The zero-order valence-corrected chi connectivity index (χ0v) is 22.0. The number of ketones is 1. The highest BCUT2D eigenvalue weighted by Crippen LogP contribution is 2.61. The summed E-state index contributed by atoms with van der Waals surface area (Å²) in [5, 5.41) is -2.86. The zero-order valence-electron chi connectivity index (χ0n) is 18.1. The first-order chi connectivity index (χ1) is 16.4. The van der Waals surface area contributed by atoms with Crippen molar-refractivity contribution in [3.8, 4) is 0 Å². The van der Waals surface area contributed by atoms with E-state index in [4.69, 9.17) is 11.6 Å². The minimum atomic E-state index is -3.22. The van der Waals surface area contributed by atoms with Crippen LogP contribution in [0.15, 0.2) is 42.7 Å². The maximum atomic E-state index is 11.2. The molecule has 0 atom stereocenters. The molecule has 4 rings (SSSR count). The van der Waals surface area contributed by atoms with Crippen LogP contribution in [0.1, 0.15) is 32.0 Å². The van der Waals surface area contributed by atoms with Gasteiger partial charge in [-0.15, -0.1) is 0 Å². The maximum absolute atomic E-state index is 11.2. The van der Waals surface area contributed by atoms with Gasteiger partial charge >= 0.3 is 17.1 Å². The van der Waals surface area contributed by atoms with E-state index in [1.165, 1.54) is 32.7 Å². The van der Waals surface area contributed by atoms with Crippen LogP contribution in [0.5, 0.6) is 0 Å². The molecule has 0 unspecified atom stereocenters. The second-order valence-electron chi connectivity index (χ2n) is 6.52. The number of pyridine rings is 3. The molecule has 3 heterocycles. The Morgan fingerprint density at radius 3 is 2.09 bits per heavy atom. The number of ether oxygens (including phenoxy) is 2. The molecule has 0 N–H and O–H groups in total. The fraction of sp³-hybridized carbons (Fsp3) is 0.143. The quantitative estimate of drug-likeness (QED) is 0.208. The molecular formula is C21H16Cl4N3O6P. The first kappa shape index (κ1) is 28.7. The molecule has 9 nitrogen and oxygen atoms in total. The first-order valence-corrected chi connectivity index (χ1v) is 14.2. The molecule has 0 spiro atoms. The Morgan fingerprint density at radius 2 is 1.49 bits per heavy atom. The SMILES string of the molecule is COC(=O)c1cnc2c(c1)CC(=O)C=C2.COC(=O)c1cnc2ccc(Cl)nc2c1.O=P(Cl)(Cl)Cl. The number of halogens is 4. The number of nitrogens with zero attached hydrogens (tertiary/aromatic N) is 3. The number of aromatic nitrogens is 3. The summed E-state index contributed by atoms with van der Waals surface area (Å²) in [7, 11) is 2.63. The molecule has 35 heavy (non-hydrogen) atoms. The van der Waals surface area contributed by atoms with Crippen molar-refractivity contribution in [1.29, 1.82) is 0 Å². The van der Waals surface area contributed by atoms with Gasteiger partial charge in [-0.2, -0.15) is 0 Å². The Kier molecular flexibility index (Phi) is 10.6. The lowest BCUT2D eigenvalue weighted by Crippen LogP contribution is -2.10. The first-order valence-electron chi connectivity index (χ1n) is 9.39. The zero-order chi connectivity index (χ0) is 26.2. The monoisotopic (exact) mass is 577 g/mol. The summed E-state index contributed by atoms with van der Waals surface area (Å²) in [6, 6.07) is 6.63. The molecule has 0 radical (unpaired) electrons. The van der Waals surface area contributed by atoms with Crippen LogP contribution >= 0.6 is 50.5 Å². The summed E-state index contributed by atoms with van der Waals surface area (Å²) in [5.74, 6) is -0.857.